The Hall–Kier alpha value is -1.37. The van der Waals surface area contributed by atoms with Crippen molar-refractivity contribution in [2.24, 2.45) is 0 Å². The third-order valence-corrected chi connectivity index (χ3v) is 4.26. The average molecular weight is 307 g/mol. The van der Waals surface area contributed by atoms with Gasteiger partial charge in [0.2, 0.25) is 0 Å². The molecule has 2 rings (SSSR count). The smallest absolute Gasteiger partial charge is 0.491 e. The van der Waals surface area contributed by atoms with Gasteiger partial charge in [-0.2, -0.15) is 0 Å². The number of hydrogen-bond acceptors (Lipinski definition) is 4. The lowest BCUT2D eigenvalue weighted by Crippen LogP contribution is -2.41. The van der Waals surface area contributed by atoms with Crippen molar-refractivity contribution in [2.75, 3.05) is 13.6 Å². The van der Waals surface area contributed by atoms with Gasteiger partial charge in [0.05, 0.1) is 11.2 Å². The van der Waals surface area contributed by atoms with E-state index in [1.807, 2.05) is 27.7 Å². The molecule has 0 radical (unpaired) electrons. The van der Waals surface area contributed by atoms with Gasteiger partial charge in [-0.15, -0.1) is 0 Å². The zero-order valence-corrected chi connectivity index (χ0v) is 13.7. The molecule has 0 bridgehead atoms. The maximum atomic E-state index is 13.9. The van der Waals surface area contributed by atoms with Gasteiger partial charge >= 0.3 is 7.12 Å². The van der Waals surface area contributed by atoms with Crippen LogP contribution >= 0.6 is 0 Å². The second-order valence-corrected chi connectivity index (χ2v) is 6.54. The summed E-state index contributed by atoms with van der Waals surface area (Å²) in [4.78, 5) is 0. The molecule has 0 atom stereocenters. The van der Waals surface area contributed by atoms with E-state index in [4.69, 9.17) is 9.31 Å². The van der Waals surface area contributed by atoms with E-state index in [9.17, 15) is 9.50 Å². The number of rotatable bonds is 4. The Morgan fingerprint density at radius 2 is 1.86 bits per heavy atom. The number of halogens is 1. The molecule has 120 valence electrons. The molecular formula is C16H23BFNO3. The molecule has 1 heterocycles. The van der Waals surface area contributed by atoms with Crippen LogP contribution in [0.1, 0.15) is 33.3 Å². The average Bonchev–Trinajstić information content (AvgIpc) is 2.62. The summed E-state index contributed by atoms with van der Waals surface area (Å²) in [7, 11) is 1.25. The molecule has 1 aliphatic heterocycles. The van der Waals surface area contributed by atoms with E-state index >= 15 is 0 Å². The van der Waals surface area contributed by atoms with Crippen LogP contribution < -0.4 is 5.32 Å². The maximum absolute atomic E-state index is 13.9. The molecule has 1 fully saturated rings. The van der Waals surface area contributed by atoms with Crippen molar-refractivity contribution in [3.05, 3.63) is 35.1 Å². The Morgan fingerprint density at radius 3 is 2.41 bits per heavy atom. The molecule has 0 aliphatic carbocycles. The van der Waals surface area contributed by atoms with E-state index in [0.29, 0.717) is 12.1 Å². The monoisotopic (exact) mass is 307 g/mol. The van der Waals surface area contributed by atoms with Crippen LogP contribution in [-0.2, 0) is 9.31 Å². The van der Waals surface area contributed by atoms with Crippen molar-refractivity contribution < 1.29 is 18.8 Å². The predicted octanol–water partition coefficient (Wildman–Crippen LogP) is 2.77. The standard InChI is InChI=1S/C16H23BFNO3/c1-15(2)16(3,4)22-17(21-15)12(10-19-5)8-11-9-13(20)6-7-14(11)18/h6-9,19-20H,10H2,1-5H3. The molecule has 0 amide bonds. The van der Waals surface area contributed by atoms with Crippen molar-refractivity contribution in [1.29, 1.82) is 0 Å². The summed E-state index contributed by atoms with van der Waals surface area (Å²) in [5, 5.41) is 12.6. The van der Waals surface area contributed by atoms with E-state index in [-0.39, 0.29) is 5.75 Å². The van der Waals surface area contributed by atoms with Gasteiger partial charge in [-0.1, -0.05) is 6.08 Å². The van der Waals surface area contributed by atoms with Crippen LogP contribution in [0.2, 0.25) is 0 Å². The predicted molar refractivity (Wildman–Crippen MR) is 86.1 cm³/mol. The lowest BCUT2D eigenvalue weighted by atomic mass is 9.77. The van der Waals surface area contributed by atoms with Gasteiger partial charge in [0.25, 0.3) is 0 Å². The zero-order valence-electron chi connectivity index (χ0n) is 13.7. The highest BCUT2D eigenvalue weighted by molar-refractivity contribution is 6.55. The summed E-state index contributed by atoms with van der Waals surface area (Å²) in [6.07, 6.45) is 1.66. The molecule has 0 spiro atoms. The number of hydrogen-bond donors (Lipinski definition) is 2. The van der Waals surface area contributed by atoms with Crippen LogP contribution in [0.5, 0.6) is 5.75 Å². The Kier molecular flexibility index (Phi) is 4.66. The fourth-order valence-electron chi connectivity index (χ4n) is 2.24. The van der Waals surface area contributed by atoms with Crippen molar-refractivity contribution in [3.63, 3.8) is 0 Å². The molecule has 1 aromatic rings. The zero-order chi connectivity index (χ0) is 16.5. The first kappa shape index (κ1) is 17.0. The molecule has 4 nitrogen and oxygen atoms in total. The van der Waals surface area contributed by atoms with Crippen LogP contribution in [0.4, 0.5) is 4.39 Å². The normalized spacial score (nSPS) is 20.5. The largest absolute Gasteiger partial charge is 0.508 e. The van der Waals surface area contributed by atoms with E-state index in [1.165, 1.54) is 18.2 Å². The Labute approximate surface area is 131 Å². The van der Waals surface area contributed by atoms with Gasteiger partial charge in [-0.05, 0) is 58.4 Å². The summed E-state index contributed by atoms with van der Waals surface area (Å²) in [5.41, 5.74) is 0.162. The minimum Gasteiger partial charge on any atom is -0.508 e. The van der Waals surface area contributed by atoms with Gasteiger partial charge in [-0.3, -0.25) is 0 Å². The third kappa shape index (κ3) is 3.34. The van der Waals surface area contributed by atoms with Crippen molar-refractivity contribution in [3.8, 4) is 5.75 Å². The lowest BCUT2D eigenvalue weighted by molar-refractivity contribution is 0.00578. The number of nitrogens with one attached hydrogen (secondary N) is 1. The van der Waals surface area contributed by atoms with Crippen molar-refractivity contribution >= 4 is 13.2 Å². The Balaban J connectivity index is 2.35. The van der Waals surface area contributed by atoms with Crippen LogP contribution in [0.25, 0.3) is 6.08 Å². The number of phenols is 1. The second kappa shape index (κ2) is 6.03. The van der Waals surface area contributed by atoms with E-state index < -0.39 is 24.1 Å². The fourth-order valence-corrected chi connectivity index (χ4v) is 2.24. The van der Waals surface area contributed by atoms with Gasteiger partial charge in [0.15, 0.2) is 0 Å². The third-order valence-electron chi connectivity index (χ3n) is 4.26. The summed E-state index contributed by atoms with van der Waals surface area (Å²) in [6, 6.07) is 3.94. The molecule has 22 heavy (non-hydrogen) atoms. The lowest BCUT2D eigenvalue weighted by Gasteiger charge is -2.32. The minimum absolute atomic E-state index is 0.0189. The summed E-state index contributed by atoms with van der Waals surface area (Å²) in [6.45, 7) is 8.38. The first-order chi connectivity index (χ1) is 10.2. The highest BCUT2D eigenvalue weighted by Crippen LogP contribution is 2.38. The van der Waals surface area contributed by atoms with Crippen molar-refractivity contribution in [1.82, 2.24) is 5.32 Å². The van der Waals surface area contributed by atoms with E-state index in [2.05, 4.69) is 5.32 Å². The van der Waals surface area contributed by atoms with E-state index in [1.54, 1.807) is 13.1 Å². The van der Waals surface area contributed by atoms with Crippen LogP contribution in [0.15, 0.2) is 23.7 Å². The number of aromatic hydroxyl groups is 1. The van der Waals surface area contributed by atoms with Gasteiger partial charge in [-0.25, -0.2) is 4.39 Å². The SMILES string of the molecule is CNCC(=Cc1cc(O)ccc1F)B1OC(C)(C)C(C)(C)O1. The fraction of sp³-hybridized carbons (Fsp3) is 0.500. The summed E-state index contributed by atoms with van der Waals surface area (Å²) < 4.78 is 25.9. The second-order valence-electron chi connectivity index (χ2n) is 6.54. The van der Waals surface area contributed by atoms with Gasteiger partial charge in [0.1, 0.15) is 11.6 Å². The molecule has 0 saturated carbocycles. The first-order valence-electron chi connectivity index (χ1n) is 7.35. The van der Waals surface area contributed by atoms with Crippen LogP contribution in [0.3, 0.4) is 0 Å². The minimum atomic E-state index is -0.556. The highest BCUT2D eigenvalue weighted by atomic mass is 19.1. The number of likely N-dealkylation sites (N-methyl/N-ethyl adjacent to an activating group) is 1. The Bertz CT molecular complexity index is 571. The topological polar surface area (TPSA) is 50.7 Å². The molecule has 1 aromatic carbocycles. The molecule has 6 heteroatoms. The highest BCUT2D eigenvalue weighted by Gasteiger charge is 2.52. The maximum Gasteiger partial charge on any atom is 0.491 e. The summed E-state index contributed by atoms with van der Waals surface area (Å²) in [5.74, 6) is -0.381. The molecular weight excluding hydrogens is 284 g/mol. The number of benzene rings is 1. The molecule has 1 aliphatic rings. The first-order valence-corrected chi connectivity index (χ1v) is 7.35. The van der Waals surface area contributed by atoms with Crippen LogP contribution in [-0.4, -0.2) is 37.0 Å². The molecule has 0 aromatic heterocycles. The molecule has 2 N–H and O–H groups in total. The quantitative estimate of drug-likeness (QED) is 0.840. The molecule has 1 saturated heterocycles. The van der Waals surface area contributed by atoms with Gasteiger partial charge < -0.3 is 19.7 Å². The van der Waals surface area contributed by atoms with Crippen LogP contribution in [0, 0.1) is 5.82 Å². The van der Waals surface area contributed by atoms with Crippen molar-refractivity contribution in [2.45, 2.75) is 38.9 Å². The Morgan fingerprint density at radius 1 is 1.27 bits per heavy atom. The molecule has 0 unspecified atom stereocenters. The van der Waals surface area contributed by atoms with E-state index in [0.717, 1.165) is 5.47 Å². The number of phenolic OH excluding ortho intramolecular Hbond substituents is 1. The van der Waals surface area contributed by atoms with Gasteiger partial charge in [0, 0.05) is 12.1 Å². The summed E-state index contributed by atoms with van der Waals surface area (Å²) >= 11 is 0.